The van der Waals surface area contributed by atoms with Gasteiger partial charge in [0.15, 0.2) is 0 Å². The highest BCUT2D eigenvalue weighted by Crippen LogP contribution is 2.19. The Hall–Kier alpha value is -2.56. The number of hydrogen-bond donors (Lipinski definition) is 1. The maximum absolute atomic E-state index is 12.4. The molecular weight excluding hydrogens is 388 g/mol. The van der Waals surface area contributed by atoms with Crippen LogP contribution in [-0.2, 0) is 21.4 Å². The topological polar surface area (TPSA) is 101 Å². The van der Waals surface area contributed by atoms with Crippen molar-refractivity contribution < 1.29 is 13.2 Å². The van der Waals surface area contributed by atoms with Crippen molar-refractivity contribution in [3.8, 4) is 0 Å². The number of sulfonamides is 1. The van der Waals surface area contributed by atoms with E-state index >= 15 is 0 Å². The molecule has 0 saturated heterocycles. The highest BCUT2D eigenvalue weighted by molar-refractivity contribution is 7.89. The molecule has 0 spiro atoms. The molecule has 1 aromatic carbocycles. The van der Waals surface area contributed by atoms with Gasteiger partial charge < -0.3 is 5.32 Å². The van der Waals surface area contributed by atoms with Crippen LogP contribution < -0.4 is 10.9 Å². The molecule has 0 bridgehead atoms. The van der Waals surface area contributed by atoms with Crippen molar-refractivity contribution in [3.05, 3.63) is 51.9 Å². The highest BCUT2D eigenvalue weighted by atomic mass is 32.2. The van der Waals surface area contributed by atoms with Crippen molar-refractivity contribution in [1.29, 1.82) is 0 Å². The second-order valence-electron chi connectivity index (χ2n) is 6.11. The van der Waals surface area contributed by atoms with Crippen LogP contribution in [0.3, 0.4) is 0 Å². The van der Waals surface area contributed by atoms with Crippen molar-refractivity contribution in [3.63, 3.8) is 0 Å². The van der Waals surface area contributed by atoms with Crippen LogP contribution in [0.1, 0.15) is 4.88 Å². The van der Waals surface area contributed by atoms with Gasteiger partial charge in [0.05, 0.1) is 16.6 Å². The average Bonchev–Trinajstić information content (AvgIpc) is 2.99. The van der Waals surface area contributed by atoms with Gasteiger partial charge in [0, 0.05) is 24.7 Å². The van der Waals surface area contributed by atoms with Crippen molar-refractivity contribution in [1.82, 2.24) is 13.9 Å². The van der Waals surface area contributed by atoms with Crippen LogP contribution in [0, 0.1) is 6.92 Å². The first-order valence-corrected chi connectivity index (χ1v) is 10.2. The first kappa shape index (κ1) is 19.2. The molecule has 2 heterocycles. The number of hydrogen-bond acceptors (Lipinski definition) is 6. The first-order chi connectivity index (χ1) is 12.7. The molecule has 0 atom stereocenters. The largest absolute Gasteiger partial charge is 0.325 e. The minimum Gasteiger partial charge on any atom is -0.325 e. The summed E-state index contributed by atoms with van der Waals surface area (Å²) in [6.45, 7) is 1.71. The number of thiophene rings is 1. The minimum atomic E-state index is -3.53. The van der Waals surface area contributed by atoms with E-state index in [1.165, 1.54) is 60.6 Å². The van der Waals surface area contributed by atoms with Gasteiger partial charge in [-0.25, -0.2) is 17.7 Å². The lowest BCUT2D eigenvalue weighted by Gasteiger charge is -2.12. The summed E-state index contributed by atoms with van der Waals surface area (Å²) in [7, 11) is -0.633. The molecule has 142 valence electrons. The van der Waals surface area contributed by atoms with E-state index in [1.807, 2.05) is 6.92 Å². The molecule has 1 amide bonds. The van der Waals surface area contributed by atoms with E-state index in [0.717, 1.165) is 9.18 Å². The lowest BCUT2D eigenvalue weighted by Crippen LogP contribution is -2.27. The number of aromatic nitrogens is 2. The van der Waals surface area contributed by atoms with E-state index in [1.54, 1.807) is 6.07 Å². The second kappa shape index (κ2) is 7.22. The zero-order valence-corrected chi connectivity index (χ0v) is 16.6. The number of fused-ring (bicyclic) bond motifs is 1. The van der Waals surface area contributed by atoms with E-state index in [0.29, 0.717) is 15.9 Å². The van der Waals surface area contributed by atoms with E-state index in [4.69, 9.17) is 0 Å². The Balaban J connectivity index is 1.75. The fourth-order valence-corrected chi connectivity index (χ4v) is 4.21. The van der Waals surface area contributed by atoms with Crippen LogP contribution in [0.5, 0.6) is 0 Å². The molecule has 0 unspecified atom stereocenters. The van der Waals surface area contributed by atoms with Gasteiger partial charge in [0.25, 0.3) is 5.56 Å². The van der Waals surface area contributed by atoms with Gasteiger partial charge in [0.2, 0.25) is 15.9 Å². The Labute approximate surface area is 160 Å². The number of amides is 1. The third-order valence-corrected chi connectivity index (χ3v) is 6.66. The maximum Gasteiger partial charge on any atom is 0.262 e. The SMILES string of the molecule is Cc1cc2c(=O)n(CC(=O)Nc3ccc(S(=O)(=O)N(C)C)cc3)cnc2s1. The van der Waals surface area contributed by atoms with Crippen LogP contribution >= 0.6 is 11.3 Å². The van der Waals surface area contributed by atoms with Crippen molar-refractivity contribution in [2.45, 2.75) is 18.4 Å². The number of benzene rings is 1. The van der Waals surface area contributed by atoms with E-state index in [2.05, 4.69) is 10.3 Å². The molecule has 0 radical (unpaired) electrons. The van der Waals surface area contributed by atoms with Gasteiger partial charge in [-0.3, -0.25) is 14.2 Å². The standard InChI is InChI=1S/C17H18N4O4S2/c1-11-8-14-16(26-11)18-10-21(17(14)23)9-15(22)19-12-4-6-13(7-5-12)27(24,25)20(2)3/h4-8,10H,9H2,1-3H3,(H,19,22). The molecule has 3 aromatic rings. The van der Waals surface area contributed by atoms with Gasteiger partial charge in [-0.05, 0) is 37.3 Å². The Kier molecular flexibility index (Phi) is 5.13. The molecular formula is C17H18N4O4S2. The third-order valence-electron chi connectivity index (χ3n) is 3.87. The van der Waals surface area contributed by atoms with Crippen LogP contribution in [0.4, 0.5) is 5.69 Å². The van der Waals surface area contributed by atoms with Crippen molar-refractivity contribution in [2.24, 2.45) is 0 Å². The average molecular weight is 406 g/mol. The number of carbonyl (C=O) groups is 1. The summed E-state index contributed by atoms with van der Waals surface area (Å²) in [6, 6.07) is 7.59. The Morgan fingerprint density at radius 2 is 1.93 bits per heavy atom. The summed E-state index contributed by atoms with van der Waals surface area (Å²) in [5, 5.41) is 3.14. The smallest absolute Gasteiger partial charge is 0.262 e. The normalized spacial score (nSPS) is 11.9. The molecule has 10 heteroatoms. The molecule has 0 aliphatic rings. The highest BCUT2D eigenvalue weighted by Gasteiger charge is 2.17. The molecule has 0 fully saturated rings. The molecule has 0 aliphatic carbocycles. The summed E-state index contributed by atoms with van der Waals surface area (Å²) in [6.07, 6.45) is 1.35. The monoisotopic (exact) mass is 406 g/mol. The molecule has 8 nitrogen and oxygen atoms in total. The van der Waals surface area contributed by atoms with Crippen LogP contribution in [-0.4, -0.2) is 42.3 Å². The second-order valence-corrected chi connectivity index (χ2v) is 9.50. The Morgan fingerprint density at radius 1 is 1.26 bits per heavy atom. The minimum absolute atomic E-state index is 0.129. The summed E-state index contributed by atoms with van der Waals surface area (Å²) in [5.74, 6) is -0.409. The summed E-state index contributed by atoms with van der Waals surface area (Å²) in [5.41, 5.74) is 0.165. The van der Waals surface area contributed by atoms with Crippen molar-refractivity contribution >= 4 is 43.2 Å². The Morgan fingerprint density at radius 3 is 2.56 bits per heavy atom. The molecule has 0 aliphatic heterocycles. The van der Waals surface area contributed by atoms with Crippen LogP contribution in [0.2, 0.25) is 0 Å². The molecule has 2 aromatic heterocycles. The Bertz CT molecular complexity index is 1160. The van der Waals surface area contributed by atoms with Gasteiger partial charge >= 0.3 is 0 Å². The predicted molar refractivity (Wildman–Crippen MR) is 105 cm³/mol. The predicted octanol–water partition coefficient (Wildman–Crippen LogP) is 1.66. The quantitative estimate of drug-likeness (QED) is 0.694. The van der Waals surface area contributed by atoms with Gasteiger partial charge in [-0.1, -0.05) is 0 Å². The van der Waals surface area contributed by atoms with Crippen LogP contribution in [0.25, 0.3) is 10.2 Å². The number of carbonyl (C=O) groups excluding carboxylic acids is 1. The van der Waals surface area contributed by atoms with Crippen molar-refractivity contribution in [2.75, 3.05) is 19.4 Å². The lowest BCUT2D eigenvalue weighted by molar-refractivity contribution is -0.116. The number of nitrogens with zero attached hydrogens (tertiary/aromatic N) is 3. The van der Waals surface area contributed by atoms with E-state index in [9.17, 15) is 18.0 Å². The molecule has 3 rings (SSSR count). The third kappa shape index (κ3) is 3.92. The zero-order valence-electron chi connectivity index (χ0n) is 15.0. The number of aryl methyl sites for hydroxylation is 1. The molecule has 1 N–H and O–H groups in total. The number of nitrogens with one attached hydrogen (secondary N) is 1. The van der Waals surface area contributed by atoms with Gasteiger partial charge in [0.1, 0.15) is 11.4 Å². The van der Waals surface area contributed by atoms with E-state index in [-0.39, 0.29) is 17.0 Å². The fraction of sp³-hybridized carbons (Fsp3) is 0.235. The zero-order chi connectivity index (χ0) is 19.8. The summed E-state index contributed by atoms with van der Waals surface area (Å²) < 4.78 is 26.5. The maximum atomic E-state index is 12.4. The number of rotatable bonds is 5. The van der Waals surface area contributed by atoms with E-state index < -0.39 is 15.9 Å². The molecule has 0 saturated carbocycles. The molecule has 27 heavy (non-hydrogen) atoms. The lowest BCUT2D eigenvalue weighted by atomic mass is 10.3. The fourth-order valence-electron chi connectivity index (χ4n) is 2.47. The summed E-state index contributed by atoms with van der Waals surface area (Å²) in [4.78, 5) is 30.6. The summed E-state index contributed by atoms with van der Waals surface area (Å²) >= 11 is 1.42. The van der Waals surface area contributed by atoms with Gasteiger partial charge in [-0.15, -0.1) is 11.3 Å². The van der Waals surface area contributed by atoms with Crippen LogP contribution in [0.15, 0.2) is 46.3 Å². The first-order valence-electron chi connectivity index (χ1n) is 7.96. The van der Waals surface area contributed by atoms with Gasteiger partial charge in [-0.2, -0.15) is 0 Å². The number of anilines is 1.